The van der Waals surface area contributed by atoms with E-state index in [4.69, 9.17) is 0 Å². The Morgan fingerprint density at radius 1 is 1.53 bits per heavy atom. The van der Waals surface area contributed by atoms with Crippen LogP contribution in [-0.2, 0) is 10.0 Å². The van der Waals surface area contributed by atoms with Gasteiger partial charge in [-0.15, -0.1) is 0 Å². The van der Waals surface area contributed by atoms with E-state index in [0.717, 1.165) is 25.7 Å². The lowest BCUT2D eigenvalue weighted by molar-refractivity contribution is 0.161. The summed E-state index contributed by atoms with van der Waals surface area (Å²) in [6.45, 7) is 3.06. The molecule has 1 aliphatic heterocycles. The van der Waals surface area contributed by atoms with Gasteiger partial charge in [0.05, 0.1) is 12.4 Å². The van der Waals surface area contributed by atoms with E-state index in [1.165, 1.54) is 6.26 Å². The van der Waals surface area contributed by atoms with Crippen LogP contribution in [0.4, 0.5) is 0 Å². The van der Waals surface area contributed by atoms with Crippen molar-refractivity contribution in [2.24, 2.45) is 5.92 Å². The average molecular weight is 235 g/mol. The summed E-state index contributed by atoms with van der Waals surface area (Å²) in [5.41, 5.74) is 0. The van der Waals surface area contributed by atoms with Crippen LogP contribution in [0.25, 0.3) is 0 Å². The van der Waals surface area contributed by atoms with Crippen molar-refractivity contribution in [3.63, 3.8) is 0 Å². The molecule has 90 valence electrons. The maximum Gasteiger partial charge on any atom is 0.211 e. The van der Waals surface area contributed by atoms with E-state index in [-0.39, 0.29) is 6.10 Å². The number of sulfonamides is 1. The largest absolute Gasteiger partial charge is 0.393 e. The average Bonchev–Trinajstić information content (AvgIpc) is 2.14. The van der Waals surface area contributed by atoms with Crippen molar-refractivity contribution in [3.05, 3.63) is 0 Å². The molecule has 0 aromatic heterocycles. The van der Waals surface area contributed by atoms with Crippen LogP contribution >= 0.6 is 0 Å². The predicted molar refractivity (Wildman–Crippen MR) is 60.1 cm³/mol. The summed E-state index contributed by atoms with van der Waals surface area (Å²) in [7, 11) is -3.03. The molecule has 1 fully saturated rings. The third kappa shape index (κ3) is 4.49. The third-order valence-corrected chi connectivity index (χ3v) is 4.21. The lowest BCUT2D eigenvalue weighted by Crippen LogP contribution is -2.39. The quantitative estimate of drug-likeness (QED) is 0.785. The second-order valence-electron chi connectivity index (χ2n) is 4.56. The van der Waals surface area contributed by atoms with E-state index in [1.807, 2.05) is 0 Å². The van der Waals surface area contributed by atoms with E-state index in [9.17, 15) is 13.5 Å². The number of aliphatic hydroxyl groups is 1. The van der Waals surface area contributed by atoms with Gasteiger partial charge in [0.25, 0.3) is 0 Å². The molecule has 0 aromatic rings. The van der Waals surface area contributed by atoms with Crippen LogP contribution in [0.2, 0.25) is 0 Å². The number of rotatable bonds is 4. The van der Waals surface area contributed by atoms with Gasteiger partial charge in [-0.05, 0) is 38.5 Å². The summed E-state index contributed by atoms with van der Waals surface area (Å²) < 4.78 is 24.3. The molecular formula is C10H21NO3S. The monoisotopic (exact) mass is 235 g/mol. The molecule has 0 spiro atoms. The molecule has 1 saturated heterocycles. The maximum absolute atomic E-state index is 11.3. The molecule has 15 heavy (non-hydrogen) atoms. The first-order valence-corrected chi connectivity index (χ1v) is 7.37. The van der Waals surface area contributed by atoms with Crippen LogP contribution in [0.5, 0.6) is 0 Å². The van der Waals surface area contributed by atoms with Crippen LogP contribution in [0, 0.1) is 5.92 Å². The Labute approximate surface area is 92.3 Å². The zero-order chi connectivity index (χ0) is 11.5. The number of aliphatic hydroxyl groups excluding tert-OH is 1. The normalized spacial score (nSPS) is 26.5. The molecule has 2 atom stereocenters. The first kappa shape index (κ1) is 12.9. The van der Waals surface area contributed by atoms with Crippen molar-refractivity contribution in [1.29, 1.82) is 0 Å². The van der Waals surface area contributed by atoms with Gasteiger partial charge in [-0.1, -0.05) is 0 Å². The zero-order valence-electron chi connectivity index (χ0n) is 9.52. The fourth-order valence-electron chi connectivity index (χ4n) is 2.04. The van der Waals surface area contributed by atoms with Gasteiger partial charge in [0.15, 0.2) is 0 Å². The Balaban J connectivity index is 2.43. The highest BCUT2D eigenvalue weighted by atomic mass is 32.2. The van der Waals surface area contributed by atoms with Gasteiger partial charge in [0, 0.05) is 13.1 Å². The van der Waals surface area contributed by atoms with Crippen LogP contribution in [-0.4, -0.2) is 43.3 Å². The standard InChI is InChI=1S/C10H21NO3S/c1-9(12)5-6-10-4-3-7-11(8-10)15(2,13)14/h9-10,12H,3-8H2,1-2H3. The van der Waals surface area contributed by atoms with Gasteiger partial charge < -0.3 is 5.11 Å². The SMILES string of the molecule is CC(O)CCC1CCCN(S(C)(=O)=O)C1. The molecule has 0 radical (unpaired) electrons. The molecule has 1 N–H and O–H groups in total. The van der Waals surface area contributed by atoms with Gasteiger partial charge in [-0.3, -0.25) is 0 Å². The molecule has 1 aliphatic rings. The first-order chi connectivity index (χ1) is 6.89. The molecule has 0 aromatic carbocycles. The van der Waals surface area contributed by atoms with E-state index >= 15 is 0 Å². The summed E-state index contributed by atoms with van der Waals surface area (Å²) in [5.74, 6) is 0.420. The van der Waals surface area contributed by atoms with Crippen molar-refractivity contribution < 1.29 is 13.5 Å². The topological polar surface area (TPSA) is 57.6 Å². The van der Waals surface area contributed by atoms with E-state index in [2.05, 4.69) is 0 Å². The Kier molecular flexibility index (Phi) is 4.55. The second kappa shape index (κ2) is 5.27. The van der Waals surface area contributed by atoms with Gasteiger partial charge in [-0.25, -0.2) is 12.7 Å². The summed E-state index contributed by atoms with van der Waals surface area (Å²) in [6.07, 6.45) is 4.70. The van der Waals surface area contributed by atoms with Crippen molar-refractivity contribution >= 4 is 10.0 Å². The molecule has 4 nitrogen and oxygen atoms in total. The Morgan fingerprint density at radius 3 is 2.73 bits per heavy atom. The summed E-state index contributed by atoms with van der Waals surface area (Å²) in [6, 6.07) is 0. The van der Waals surface area contributed by atoms with Crippen LogP contribution in [0.15, 0.2) is 0 Å². The highest BCUT2D eigenvalue weighted by molar-refractivity contribution is 7.88. The Bertz CT molecular complexity index is 287. The highest BCUT2D eigenvalue weighted by Gasteiger charge is 2.25. The van der Waals surface area contributed by atoms with Crippen molar-refractivity contribution in [1.82, 2.24) is 4.31 Å². The Morgan fingerprint density at radius 2 is 2.20 bits per heavy atom. The molecule has 0 bridgehead atoms. The molecule has 0 aliphatic carbocycles. The maximum atomic E-state index is 11.3. The van der Waals surface area contributed by atoms with Gasteiger partial charge in [0.2, 0.25) is 10.0 Å². The zero-order valence-corrected chi connectivity index (χ0v) is 10.3. The van der Waals surface area contributed by atoms with E-state index < -0.39 is 10.0 Å². The molecule has 0 amide bonds. The summed E-state index contributed by atoms with van der Waals surface area (Å²) in [5, 5.41) is 9.18. The molecule has 0 saturated carbocycles. The van der Waals surface area contributed by atoms with Crippen LogP contribution < -0.4 is 0 Å². The minimum absolute atomic E-state index is 0.279. The third-order valence-electron chi connectivity index (χ3n) is 2.94. The number of piperidine rings is 1. The number of hydrogen-bond acceptors (Lipinski definition) is 3. The van der Waals surface area contributed by atoms with E-state index in [1.54, 1.807) is 11.2 Å². The van der Waals surface area contributed by atoms with Gasteiger partial charge >= 0.3 is 0 Å². The highest BCUT2D eigenvalue weighted by Crippen LogP contribution is 2.23. The molecule has 5 heteroatoms. The Hall–Kier alpha value is -0.130. The van der Waals surface area contributed by atoms with Crippen LogP contribution in [0.1, 0.15) is 32.6 Å². The number of nitrogens with zero attached hydrogens (tertiary/aromatic N) is 1. The minimum Gasteiger partial charge on any atom is -0.393 e. The minimum atomic E-state index is -3.03. The fraction of sp³-hybridized carbons (Fsp3) is 1.00. The van der Waals surface area contributed by atoms with Gasteiger partial charge in [-0.2, -0.15) is 0 Å². The summed E-state index contributed by atoms with van der Waals surface area (Å²) in [4.78, 5) is 0. The fourth-order valence-corrected chi connectivity index (χ4v) is 2.98. The van der Waals surface area contributed by atoms with Crippen molar-refractivity contribution in [2.75, 3.05) is 19.3 Å². The molecule has 1 heterocycles. The lowest BCUT2D eigenvalue weighted by atomic mass is 9.93. The summed E-state index contributed by atoms with van der Waals surface area (Å²) >= 11 is 0. The lowest BCUT2D eigenvalue weighted by Gasteiger charge is -2.31. The number of hydrogen-bond donors (Lipinski definition) is 1. The molecule has 1 rings (SSSR count). The van der Waals surface area contributed by atoms with Crippen molar-refractivity contribution in [3.8, 4) is 0 Å². The predicted octanol–water partition coefficient (Wildman–Crippen LogP) is 0.819. The van der Waals surface area contributed by atoms with E-state index in [0.29, 0.717) is 19.0 Å². The van der Waals surface area contributed by atoms with Crippen molar-refractivity contribution in [2.45, 2.75) is 38.7 Å². The second-order valence-corrected chi connectivity index (χ2v) is 6.54. The smallest absolute Gasteiger partial charge is 0.211 e. The van der Waals surface area contributed by atoms with Gasteiger partial charge in [0.1, 0.15) is 0 Å². The molecule has 2 unspecified atom stereocenters. The molecular weight excluding hydrogens is 214 g/mol. The first-order valence-electron chi connectivity index (χ1n) is 5.53. The van der Waals surface area contributed by atoms with Crippen LogP contribution in [0.3, 0.4) is 0 Å².